The van der Waals surface area contributed by atoms with Crippen molar-refractivity contribution in [3.05, 3.63) is 23.6 Å². The van der Waals surface area contributed by atoms with Crippen LogP contribution in [0.1, 0.15) is 33.6 Å². The van der Waals surface area contributed by atoms with Gasteiger partial charge in [-0.2, -0.15) is 10.1 Å². The number of anilines is 3. The second-order valence-electron chi connectivity index (χ2n) is 9.19. The minimum absolute atomic E-state index is 0.207. The molecule has 0 bridgehead atoms. The molecule has 1 saturated heterocycles. The normalized spacial score (nSPS) is 24.8. The van der Waals surface area contributed by atoms with Crippen LogP contribution in [0.3, 0.4) is 0 Å². The second kappa shape index (κ2) is 7.65. The first-order valence-electron chi connectivity index (χ1n) is 10.1. The summed E-state index contributed by atoms with van der Waals surface area (Å²) in [6.07, 6.45) is 6.89. The third kappa shape index (κ3) is 4.13. The van der Waals surface area contributed by atoms with E-state index in [2.05, 4.69) is 25.7 Å². The van der Waals surface area contributed by atoms with Gasteiger partial charge in [-0.05, 0) is 45.4 Å². The molecule has 2 fully saturated rings. The SMILES string of the molecule is Cn1cc(Nc2ncc(Cl)c(NC3CC4CN(S(=O)(=O)C(C)(C)C)CC4C3)n2)cn1. The molecule has 2 aliphatic rings. The van der Waals surface area contributed by atoms with Gasteiger partial charge in [0.15, 0.2) is 5.82 Å². The predicted molar refractivity (Wildman–Crippen MR) is 117 cm³/mol. The molecule has 9 nitrogen and oxygen atoms in total. The molecule has 2 aromatic heterocycles. The summed E-state index contributed by atoms with van der Waals surface area (Å²) in [4.78, 5) is 8.74. The molecular weight excluding hydrogens is 426 g/mol. The van der Waals surface area contributed by atoms with Crippen LogP contribution in [-0.4, -0.2) is 56.3 Å². The average molecular weight is 454 g/mol. The molecule has 0 amide bonds. The lowest BCUT2D eigenvalue weighted by Gasteiger charge is -2.27. The molecule has 0 aromatic carbocycles. The van der Waals surface area contributed by atoms with E-state index in [1.165, 1.54) is 0 Å². The fraction of sp³-hybridized carbons (Fsp3) is 0.632. The first-order chi connectivity index (χ1) is 14.0. The van der Waals surface area contributed by atoms with Crippen LogP contribution in [0, 0.1) is 11.8 Å². The van der Waals surface area contributed by atoms with Gasteiger partial charge in [0.05, 0.1) is 22.8 Å². The Bertz CT molecular complexity index is 1020. The number of rotatable bonds is 5. The molecule has 3 heterocycles. The van der Waals surface area contributed by atoms with Gasteiger partial charge in [-0.1, -0.05) is 11.6 Å². The number of hydrogen-bond acceptors (Lipinski definition) is 7. The van der Waals surface area contributed by atoms with E-state index in [1.54, 1.807) is 42.2 Å². The molecule has 30 heavy (non-hydrogen) atoms. The van der Waals surface area contributed by atoms with Gasteiger partial charge in [0, 0.05) is 32.4 Å². The Morgan fingerprint density at radius 2 is 1.83 bits per heavy atom. The average Bonchev–Trinajstić information content (AvgIpc) is 3.32. The van der Waals surface area contributed by atoms with Gasteiger partial charge in [-0.3, -0.25) is 4.68 Å². The monoisotopic (exact) mass is 453 g/mol. The Labute approximate surface area is 182 Å². The number of hydrogen-bond donors (Lipinski definition) is 2. The minimum Gasteiger partial charge on any atom is -0.366 e. The first kappa shape index (κ1) is 21.3. The maximum absolute atomic E-state index is 12.8. The van der Waals surface area contributed by atoms with Crippen molar-refractivity contribution in [2.24, 2.45) is 18.9 Å². The fourth-order valence-electron chi connectivity index (χ4n) is 4.30. The van der Waals surface area contributed by atoms with Gasteiger partial charge < -0.3 is 10.6 Å². The molecule has 1 saturated carbocycles. The molecule has 0 spiro atoms. The van der Waals surface area contributed by atoms with Gasteiger partial charge >= 0.3 is 0 Å². The van der Waals surface area contributed by atoms with Crippen molar-refractivity contribution in [3.8, 4) is 0 Å². The number of fused-ring (bicyclic) bond motifs is 1. The third-order valence-electron chi connectivity index (χ3n) is 5.88. The summed E-state index contributed by atoms with van der Waals surface area (Å²) in [7, 11) is -1.44. The summed E-state index contributed by atoms with van der Waals surface area (Å²) in [6.45, 7) is 6.46. The molecule has 2 N–H and O–H groups in total. The van der Waals surface area contributed by atoms with Crippen molar-refractivity contribution < 1.29 is 8.42 Å². The van der Waals surface area contributed by atoms with Crippen molar-refractivity contribution in [3.63, 3.8) is 0 Å². The van der Waals surface area contributed by atoms with E-state index >= 15 is 0 Å². The van der Waals surface area contributed by atoms with Crippen molar-refractivity contribution in [1.29, 1.82) is 0 Å². The fourth-order valence-corrected chi connectivity index (χ4v) is 5.99. The maximum atomic E-state index is 12.8. The van der Waals surface area contributed by atoms with Crippen molar-refractivity contribution in [2.45, 2.75) is 44.4 Å². The number of aryl methyl sites for hydroxylation is 1. The summed E-state index contributed by atoms with van der Waals surface area (Å²) in [5.41, 5.74) is 0.793. The van der Waals surface area contributed by atoms with Crippen LogP contribution in [0.2, 0.25) is 5.02 Å². The van der Waals surface area contributed by atoms with Crippen molar-refractivity contribution >= 4 is 39.1 Å². The number of aromatic nitrogens is 4. The molecule has 1 aliphatic carbocycles. The number of nitrogens with one attached hydrogen (secondary N) is 2. The molecule has 4 rings (SSSR count). The van der Waals surface area contributed by atoms with Gasteiger partial charge in [-0.15, -0.1) is 0 Å². The van der Waals surface area contributed by atoms with E-state index < -0.39 is 14.8 Å². The van der Waals surface area contributed by atoms with Crippen LogP contribution >= 0.6 is 11.6 Å². The molecule has 2 atom stereocenters. The summed E-state index contributed by atoms with van der Waals surface area (Å²) in [5, 5.41) is 11.1. The summed E-state index contributed by atoms with van der Waals surface area (Å²) in [5.74, 6) is 1.74. The van der Waals surface area contributed by atoms with Crippen LogP contribution in [0.25, 0.3) is 0 Å². The molecule has 164 valence electrons. The Balaban J connectivity index is 1.40. The minimum atomic E-state index is -3.28. The number of nitrogens with zero attached hydrogens (tertiary/aromatic N) is 5. The summed E-state index contributed by atoms with van der Waals surface area (Å²) >= 11 is 6.32. The number of halogens is 1. The zero-order valence-electron chi connectivity index (χ0n) is 17.6. The van der Waals surface area contributed by atoms with Crippen LogP contribution in [0.4, 0.5) is 17.5 Å². The lowest BCUT2D eigenvalue weighted by atomic mass is 10.0. The smallest absolute Gasteiger partial charge is 0.229 e. The molecule has 11 heteroatoms. The molecule has 1 aliphatic heterocycles. The van der Waals surface area contributed by atoms with Gasteiger partial charge in [-0.25, -0.2) is 17.7 Å². The van der Waals surface area contributed by atoms with Crippen LogP contribution in [0.15, 0.2) is 18.6 Å². The maximum Gasteiger partial charge on any atom is 0.229 e. The predicted octanol–water partition coefficient (Wildman–Crippen LogP) is 2.86. The standard InChI is InChI=1S/C19H28ClN7O2S/c1-19(2,3)30(28,29)27-9-12-5-14(6-13(12)10-27)23-17-16(20)8-21-18(25-17)24-15-7-22-26(4)11-15/h7-8,11-14H,5-6,9-10H2,1-4H3,(H2,21,23,24,25). The quantitative estimate of drug-likeness (QED) is 0.717. The van der Waals surface area contributed by atoms with Gasteiger partial charge in [0.25, 0.3) is 0 Å². The Hall–Kier alpha value is -1.91. The van der Waals surface area contributed by atoms with E-state index in [4.69, 9.17) is 11.6 Å². The Morgan fingerprint density at radius 1 is 1.17 bits per heavy atom. The second-order valence-corrected chi connectivity index (χ2v) is 12.3. The molecular formula is C19H28ClN7O2S. The molecule has 2 unspecified atom stereocenters. The van der Waals surface area contributed by atoms with E-state index in [-0.39, 0.29) is 6.04 Å². The van der Waals surface area contributed by atoms with E-state index in [0.29, 0.717) is 41.7 Å². The van der Waals surface area contributed by atoms with E-state index in [9.17, 15) is 8.42 Å². The Morgan fingerprint density at radius 3 is 2.40 bits per heavy atom. The van der Waals surface area contributed by atoms with Crippen molar-refractivity contribution in [2.75, 3.05) is 23.7 Å². The highest BCUT2D eigenvalue weighted by Gasteiger charge is 2.47. The summed E-state index contributed by atoms with van der Waals surface area (Å²) in [6, 6.07) is 0.207. The van der Waals surface area contributed by atoms with Crippen LogP contribution in [0.5, 0.6) is 0 Å². The molecule has 0 radical (unpaired) electrons. The van der Waals surface area contributed by atoms with Crippen molar-refractivity contribution in [1.82, 2.24) is 24.1 Å². The largest absolute Gasteiger partial charge is 0.366 e. The van der Waals surface area contributed by atoms with E-state index in [0.717, 1.165) is 18.5 Å². The van der Waals surface area contributed by atoms with Crippen LogP contribution < -0.4 is 10.6 Å². The topological polar surface area (TPSA) is 105 Å². The molecule has 2 aromatic rings. The lowest BCUT2D eigenvalue weighted by molar-refractivity contribution is 0.420. The first-order valence-corrected chi connectivity index (χ1v) is 11.9. The highest BCUT2D eigenvalue weighted by atomic mass is 35.5. The Kier molecular flexibility index (Phi) is 5.44. The zero-order chi connectivity index (χ0) is 21.7. The van der Waals surface area contributed by atoms with E-state index in [1.807, 2.05) is 13.2 Å². The zero-order valence-corrected chi connectivity index (χ0v) is 19.2. The van der Waals surface area contributed by atoms with Gasteiger partial charge in [0.1, 0.15) is 5.02 Å². The lowest BCUT2D eigenvalue weighted by Crippen LogP contribution is -2.42. The van der Waals surface area contributed by atoms with Crippen LogP contribution in [-0.2, 0) is 17.1 Å². The third-order valence-corrected chi connectivity index (χ3v) is 8.68. The summed E-state index contributed by atoms with van der Waals surface area (Å²) < 4.78 is 28.1. The highest BCUT2D eigenvalue weighted by Crippen LogP contribution is 2.42. The highest BCUT2D eigenvalue weighted by molar-refractivity contribution is 7.90. The number of sulfonamides is 1. The van der Waals surface area contributed by atoms with Gasteiger partial charge in [0.2, 0.25) is 16.0 Å².